The first-order valence-electron chi connectivity index (χ1n) is 6.07. The van der Waals surface area contributed by atoms with E-state index in [1.807, 2.05) is 24.4 Å². The quantitative estimate of drug-likeness (QED) is 0.779. The minimum atomic E-state index is 0.244. The van der Waals surface area contributed by atoms with Crippen LogP contribution in [-0.2, 0) is 4.74 Å². The molecule has 1 atom stereocenters. The molecule has 2 heterocycles. The van der Waals surface area contributed by atoms with Crippen LogP contribution in [0.1, 0.15) is 24.5 Å². The Kier molecular flexibility index (Phi) is 2.88. The number of rotatable bonds is 2. The van der Waals surface area contributed by atoms with Crippen molar-refractivity contribution in [1.29, 1.82) is 0 Å². The number of ether oxygens (including phenoxy) is 1. The molecule has 1 aromatic carbocycles. The molecule has 1 aromatic heterocycles. The van der Waals surface area contributed by atoms with Crippen LogP contribution >= 0.6 is 0 Å². The van der Waals surface area contributed by atoms with E-state index in [9.17, 15) is 0 Å². The van der Waals surface area contributed by atoms with Crippen molar-refractivity contribution in [3.05, 3.63) is 54.2 Å². The zero-order valence-electron chi connectivity index (χ0n) is 9.67. The zero-order valence-corrected chi connectivity index (χ0v) is 9.67. The van der Waals surface area contributed by atoms with E-state index in [0.717, 1.165) is 25.1 Å². The van der Waals surface area contributed by atoms with E-state index < -0.39 is 0 Å². The number of aromatic nitrogens is 1. The van der Waals surface area contributed by atoms with Crippen LogP contribution in [0.5, 0.6) is 0 Å². The molecule has 0 aliphatic carbocycles. The fraction of sp³-hybridized carbons (Fsp3) is 0.267. The van der Waals surface area contributed by atoms with E-state index in [0.29, 0.717) is 0 Å². The normalized spacial score (nSPS) is 19.4. The summed E-state index contributed by atoms with van der Waals surface area (Å²) >= 11 is 0. The third kappa shape index (κ3) is 2.08. The second-order valence-electron chi connectivity index (χ2n) is 4.30. The lowest BCUT2D eigenvalue weighted by Crippen LogP contribution is -1.99. The van der Waals surface area contributed by atoms with Crippen LogP contribution in [0.3, 0.4) is 0 Å². The van der Waals surface area contributed by atoms with Gasteiger partial charge in [0.15, 0.2) is 0 Å². The van der Waals surface area contributed by atoms with E-state index in [2.05, 4.69) is 29.2 Å². The van der Waals surface area contributed by atoms with E-state index in [1.54, 1.807) is 0 Å². The molecule has 1 saturated heterocycles. The van der Waals surface area contributed by atoms with Crippen molar-refractivity contribution in [2.24, 2.45) is 0 Å². The number of hydrogen-bond acceptors (Lipinski definition) is 2. The van der Waals surface area contributed by atoms with Gasteiger partial charge in [-0.2, -0.15) is 0 Å². The van der Waals surface area contributed by atoms with Crippen molar-refractivity contribution < 1.29 is 4.74 Å². The van der Waals surface area contributed by atoms with Crippen molar-refractivity contribution in [2.45, 2.75) is 18.9 Å². The topological polar surface area (TPSA) is 22.1 Å². The summed E-state index contributed by atoms with van der Waals surface area (Å²) in [5.41, 5.74) is 3.49. The van der Waals surface area contributed by atoms with Crippen LogP contribution in [0, 0.1) is 0 Å². The van der Waals surface area contributed by atoms with Crippen LogP contribution in [0.15, 0.2) is 48.7 Å². The lowest BCUT2D eigenvalue weighted by molar-refractivity contribution is 0.112. The van der Waals surface area contributed by atoms with Gasteiger partial charge in [-0.1, -0.05) is 30.3 Å². The molecule has 1 unspecified atom stereocenters. The molecule has 2 heteroatoms. The molecule has 2 aromatic rings. The van der Waals surface area contributed by atoms with E-state index in [1.165, 1.54) is 11.1 Å². The Hall–Kier alpha value is -1.67. The molecular weight excluding hydrogens is 210 g/mol. The van der Waals surface area contributed by atoms with E-state index >= 15 is 0 Å². The average molecular weight is 225 g/mol. The van der Waals surface area contributed by atoms with Gasteiger partial charge in [-0.05, 0) is 30.5 Å². The van der Waals surface area contributed by atoms with Crippen molar-refractivity contribution in [3.8, 4) is 11.3 Å². The lowest BCUT2D eigenvalue weighted by atomic mass is 9.98. The first-order valence-corrected chi connectivity index (χ1v) is 6.07. The predicted molar refractivity (Wildman–Crippen MR) is 67.6 cm³/mol. The summed E-state index contributed by atoms with van der Waals surface area (Å²) in [7, 11) is 0. The predicted octanol–water partition coefficient (Wildman–Crippen LogP) is 3.60. The highest BCUT2D eigenvalue weighted by Crippen LogP contribution is 2.34. The lowest BCUT2D eigenvalue weighted by Gasteiger charge is -2.14. The largest absolute Gasteiger partial charge is 0.374 e. The van der Waals surface area contributed by atoms with Gasteiger partial charge >= 0.3 is 0 Å². The molecule has 0 radical (unpaired) electrons. The van der Waals surface area contributed by atoms with Gasteiger partial charge in [0.05, 0.1) is 11.8 Å². The van der Waals surface area contributed by atoms with Gasteiger partial charge in [-0.3, -0.25) is 4.98 Å². The van der Waals surface area contributed by atoms with Crippen LogP contribution < -0.4 is 0 Å². The van der Waals surface area contributed by atoms with Crippen molar-refractivity contribution in [2.75, 3.05) is 6.61 Å². The Balaban J connectivity index is 2.04. The Bertz CT molecular complexity index is 489. The first-order chi connectivity index (χ1) is 8.45. The van der Waals surface area contributed by atoms with E-state index in [4.69, 9.17) is 4.74 Å². The van der Waals surface area contributed by atoms with Gasteiger partial charge in [0.1, 0.15) is 0 Å². The van der Waals surface area contributed by atoms with Gasteiger partial charge in [0.25, 0.3) is 0 Å². The summed E-state index contributed by atoms with van der Waals surface area (Å²) in [6, 6.07) is 14.4. The van der Waals surface area contributed by atoms with Crippen LogP contribution in [0.4, 0.5) is 0 Å². The van der Waals surface area contributed by atoms with Gasteiger partial charge in [-0.25, -0.2) is 0 Å². The Morgan fingerprint density at radius 1 is 1.06 bits per heavy atom. The third-order valence-electron chi connectivity index (χ3n) is 3.18. The third-order valence-corrected chi connectivity index (χ3v) is 3.18. The minimum absolute atomic E-state index is 0.244. The fourth-order valence-corrected chi connectivity index (χ4v) is 2.36. The molecule has 1 aliphatic rings. The second-order valence-corrected chi connectivity index (χ2v) is 4.30. The van der Waals surface area contributed by atoms with Crippen molar-refractivity contribution in [3.63, 3.8) is 0 Å². The number of pyridine rings is 1. The smallest absolute Gasteiger partial charge is 0.0832 e. The van der Waals surface area contributed by atoms with Gasteiger partial charge in [-0.15, -0.1) is 0 Å². The SMILES string of the molecule is c1ccc(-c2ccccc2C2CCCO2)nc1. The molecule has 1 fully saturated rings. The molecule has 86 valence electrons. The van der Waals surface area contributed by atoms with Crippen LogP contribution in [-0.4, -0.2) is 11.6 Å². The Morgan fingerprint density at radius 3 is 2.71 bits per heavy atom. The summed E-state index contributed by atoms with van der Waals surface area (Å²) < 4.78 is 5.77. The maximum absolute atomic E-state index is 5.77. The second kappa shape index (κ2) is 4.68. The van der Waals surface area contributed by atoms with Crippen LogP contribution in [0.25, 0.3) is 11.3 Å². The van der Waals surface area contributed by atoms with Gasteiger partial charge in [0, 0.05) is 18.4 Å². The van der Waals surface area contributed by atoms with Crippen molar-refractivity contribution >= 4 is 0 Å². The number of benzene rings is 1. The summed E-state index contributed by atoms with van der Waals surface area (Å²) in [4.78, 5) is 4.43. The average Bonchev–Trinajstić information content (AvgIpc) is 2.94. The highest BCUT2D eigenvalue weighted by molar-refractivity contribution is 5.64. The molecule has 2 nitrogen and oxygen atoms in total. The number of hydrogen-bond donors (Lipinski definition) is 0. The minimum Gasteiger partial charge on any atom is -0.374 e. The highest BCUT2D eigenvalue weighted by Gasteiger charge is 2.20. The monoisotopic (exact) mass is 225 g/mol. The fourth-order valence-electron chi connectivity index (χ4n) is 2.36. The molecule has 0 spiro atoms. The summed E-state index contributed by atoms with van der Waals surface area (Å²) in [6.45, 7) is 0.876. The molecular formula is C15H15NO. The summed E-state index contributed by atoms with van der Waals surface area (Å²) in [6.07, 6.45) is 4.35. The van der Waals surface area contributed by atoms with E-state index in [-0.39, 0.29) is 6.10 Å². The highest BCUT2D eigenvalue weighted by atomic mass is 16.5. The first kappa shape index (κ1) is 10.5. The zero-order chi connectivity index (χ0) is 11.5. The molecule has 1 aliphatic heterocycles. The van der Waals surface area contributed by atoms with Gasteiger partial charge in [0.2, 0.25) is 0 Å². The standard InChI is InChI=1S/C15H15NO/c1-2-7-13(15-9-5-11-17-15)12(6-1)14-8-3-4-10-16-14/h1-4,6-8,10,15H,5,9,11H2. The molecule has 0 bridgehead atoms. The Labute approximate surface area is 101 Å². The molecule has 17 heavy (non-hydrogen) atoms. The maximum Gasteiger partial charge on any atom is 0.0832 e. The molecule has 3 rings (SSSR count). The summed E-state index contributed by atoms with van der Waals surface area (Å²) in [5.74, 6) is 0. The van der Waals surface area contributed by atoms with Gasteiger partial charge < -0.3 is 4.74 Å². The van der Waals surface area contributed by atoms with Crippen molar-refractivity contribution in [1.82, 2.24) is 4.98 Å². The van der Waals surface area contributed by atoms with Crippen LogP contribution in [0.2, 0.25) is 0 Å². The molecule has 0 saturated carbocycles. The summed E-state index contributed by atoms with van der Waals surface area (Å²) in [5, 5.41) is 0. The molecule has 0 N–H and O–H groups in total. The molecule has 0 amide bonds. The maximum atomic E-state index is 5.77. The Morgan fingerprint density at radius 2 is 1.94 bits per heavy atom. The number of nitrogens with zero attached hydrogens (tertiary/aromatic N) is 1.